The van der Waals surface area contributed by atoms with Gasteiger partial charge in [-0.1, -0.05) is 0 Å². The van der Waals surface area contributed by atoms with E-state index in [1.54, 1.807) is 4.90 Å². The third-order valence-corrected chi connectivity index (χ3v) is 6.76. The van der Waals surface area contributed by atoms with Gasteiger partial charge in [0.15, 0.2) is 9.84 Å². The number of primary sulfonamides is 1. The fourth-order valence-corrected chi connectivity index (χ4v) is 5.82. The minimum Gasteiger partial charge on any atom is -0.399 e. The summed E-state index contributed by atoms with van der Waals surface area (Å²) in [6.07, 6.45) is 1.14. The number of anilines is 2. The number of rotatable bonds is 3. The van der Waals surface area contributed by atoms with Gasteiger partial charge in [0.25, 0.3) is 0 Å². The highest BCUT2D eigenvalue weighted by Crippen LogP contribution is 2.32. The fourth-order valence-electron chi connectivity index (χ4n) is 2.21. The number of thioether (sulfide) groups is 1. The Morgan fingerprint density at radius 1 is 1.29 bits per heavy atom. The largest absolute Gasteiger partial charge is 0.399 e. The first kappa shape index (κ1) is 16.4. The molecule has 1 heterocycles. The van der Waals surface area contributed by atoms with E-state index in [9.17, 15) is 16.8 Å². The van der Waals surface area contributed by atoms with Crippen molar-refractivity contribution in [2.24, 2.45) is 5.14 Å². The Kier molecular flexibility index (Phi) is 4.43. The van der Waals surface area contributed by atoms with Gasteiger partial charge in [0.05, 0.1) is 5.69 Å². The molecule has 7 nitrogen and oxygen atoms in total. The van der Waals surface area contributed by atoms with Gasteiger partial charge in [-0.05, 0) is 18.2 Å². The molecule has 1 fully saturated rings. The zero-order chi connectivity index (χ0) is 15.8. The molecule has 0 bridgehead atoms. The van der Waals surface area contributed by atoms with Crippen molar-refractivity contribution in [3.05, 3.63) is 18.2 Å². The van der Waals surface area contributed by atoms with Crippen LogP contribution >= 0.6 is 11.8 Å². The molecule has 0 aliphatic carbocycles. The smallest absolute Gasteiger partial charge is 0.240 e. The molecule has 118 valence electrons. The third kappa shape index (κ3) is 3.62. The lowest BCUT2D eigenvalue weighted by molar-refractivity contribution is 0.581. The second kappa shape index (κ2) is 5.67. The molecule has 1 saturated heterocycles. The number of nitrogens with two attached hydrogens (primary N) is 2. The van der Waals surface area contributed by atoms with E-state index in [-0.39, 0.29) is 16.3 Å². The quantitative estimate of drug-likeness (QED) is 0.725. The maximum Gasteiger partial charge on any atom is 0.240 e. The van der Waals surface area contributed by atoms with Crippen molar-refractivity contribution >= 4 is 43.0 Å². The number of sulfone groups is 1. The summed E-state index contributed by atoms with van der Waals surface area (Å²) in [5, 5.41) is 4.45. The Hall–Kier alpha value is -0.970. The first-order valence-electron chi connectivity index (χ1n) is 6.06. The summed E-state index contributed by atoms with van der Waals surface area (Å²) >= 11 is 1.52. The molecule has 1 aliphatic rings. The summed E-state index contributed by atoms with van der Waals surface area (Å²) in [5.74, 6) is 1.09. The summed E-state index contributed by atoms with van der Waals surface area (Å²) < 4.78 is 47.4. The van der Waals surface area contributed by atoms with Gasteiger partial charge in [0.1, 0.15) is 10.3 Å². The lowest BCUT2D eigenvalue weighted by atomic mass is 10.2. The van der Waals surface area contributed by atoms with E-state index in [4.69, 9.17) is 10.9 Å². The van der Waals surface area contributed by atoms with Crippen LogP contribution in [0.15, 0.2) is 23.1 Å². The van der Waals surface area contributed by atoms with E-state index >= 15 is 0 Å². The number of sulfonamides is 1. The van der Waals surface area contributed by atoms with Crippen LogP contribution in [-0.2, 0) is 19.9 Å². The third-order valence-electron chi connectivity index (χ3n) is 3.18. The average molecular weight is 351 g/mol. The molecular weight excluding hydrogens is 334 g/mol. The number of hydrogen-bond acceptors (Lipinski definition) is 7. The maximum absolute atomic E-state index is 11.9. The first-order chi connectivity index (χ1) is 9.60. The molecule has 1 aromatic carbocycles. The maximum atomic E-state index is 11.9. The minimum absolute atomic E-state index is 0.150. The van der Waals surface area contributed by atoms with Crippen molar-refractivity contribution in [3.63, 3.8) is 0 Å². The van der Waals surface area contributed by atoms with E-state index < -0.39 is 25.2 Å². The zero-order valence-corrected chi connectivity index (χ0v) is 13.8. The predicted octanol–water partition coefficient (Wildman–Crippen LogP) is -0.160. The van der Waals surface area contributed by atoms with E-state index in [0.29, 0.717) is 18.1 Å². The van der Waals surface area contributed by atoms with Crippen LogP contribution in [0.5, 0.6) is 0 Å². The molecule has 1 unspecified atom stereocenters. The molecule has 0 radical (unpaired) electrons. The molecule has 0 amide bonds. The van der Waals surface area contributed by atoms with Crippen LogP contribution in [0.3, 0.4) is 0 Å². The molecule has 1 aliphatic heterocycles. The van der Waals surface area contributed by atoms with E-state index in [1.807, 2.05) is 0 Å². The number of nitrogens with zero attached hydrogens (tertiary/aromatic N) is 1. The van der Waals surface area contributed by atoms with E-state index in [0.717, 1.165) is 6.26 Å². The Balaban J connectivity index is 2.59. The van der Waals surface area contributed by atoms with Crippen LogP contribution in [0.25, 0.3) is 0 Å². The molecule has 0 aromatic heterocycles. The molecule has 1 aromatic rings. The summed E-state index contributed by atoms with van der Waals surface area (Å²) in [4.78, 5) is 1.42. The van der Waals surface area contributed by atoms with Crippen LogP contribution in [-0.4, -0.2) is 46.5 Å². The van der Waals surface area contributed by atoms with Gasteiger partial charge >= 0.3 is 0 Å². The molecule has 1 atom stereocenters. The standard InChI is InChI=1S/C11H17N3O4S3/c1-20(15,16)11-7-19-5-4-14(11)9-3-2-8(12)6-10(9)21(13,17)18/h2-3,6,11H,4-5,7,12H2,1H3,(H2,13,17,18). The predicted molar refractivity (Wildman–Crippen MR) is 85.5 cm³/mol. The van der Waals surface area contributed by atoms with Crippen LogP contribution in [0.1, 0.15) is 0 Å². The molecular formula is C11H17N3O4S3. The molecule has 0 spiro atoms. The molecule has 4 N–H and O–H groups in total. The Morgan fingerprint density at radius 2 is 1.95 bits per heavy atom. The minimum atomic E-state index is -4.00. The van der Waals surface area contributed by atoms with Gasteiger partial charge in [-0.15, -0.1) is 0 Å². The van der Waals surface area contributed by atoms with Crippen molar-refractivity contribution in [2.45, 2.75) is 10.3 Å². The van der Waals surface area contributed by atoms with Crippen LogP contribution in [0, 0.1) is 0 Å². The lowest BCUT2D eigenvalue weighted by Crippen LogP contribution is -2.47. The fraction of sp³-hybridized carbons (Fsp3) is 0.455. The van der Waals surface area contributed by atoms with Gasteiger partial charge in [0.2, 0.25) is 10.0 Å². The van der Waals surface area contributed by atoms with Crippen molar-refractivity contribution in [1.29, 1.82) is 0 Å². The highest BCUT2D eigenvalue weighted by molar-refractivity contribution is 8.01. The van der Waals surface area contributed by atoms with Gasteiger partial charge in [-0.2, -0.15) is 11.8 Å². The van der Waals surface area contributed by atoms with Crippen LogP contribution in [0.2, 0.25) is 0 Å². The number of benzene rings is 1. The molecule has 21 heavy (non-hydrogen) atoms. The first-order valence-corrected chi connectivity index (χ1v) is 10.7. The van der Waals surface area contributed by atoms with E-state index in [2.05, 4.69) is 0 Å². The SMILES string of the molecule is CS(=O)(=O)C1CSCCN1c1ccc(N)cc1S(N)(=O)=O. The zero-order valence-electron chi connectivity index (χ0n) is 11.4. The van der Waals surface area contributed by atoms with Crippen LogP contribution < -0.4 is 15.8 Å². The summed E-state index contributed by atoms with van der Waals surface area (Å²) in [6.45, 7) is 0.425. The monoisotopic (exact) mass is 351 g/mol. The lowest BCUT2D eigenvalue weighted by Gasteiger charge is -2.36. The van der Waals surface area contributed by atoms with Gasteiger partial charge < -0.3 is 10.6 Å². The summed E-state index contributed by atoms with van der Waals surface area (Å²) in [7, 11) is -7.35. The average Bonchev–Trinajstić information content (AvgIpc) is 2.36. The molecule has 2 rings (SSSR count). The van der Waals surface area contributed by atoms with Gasteiger partial charge in [0, 0.05) is 30.0 Å². The van der Waals surface area contributed by atoms with E-state index in [1.165, 1.54) is 30.0 Å². The van der Waals surface area contributed by atoms with Gasteiger partial charge in [-0.3, -0.25) is 0 Å². The highest BCUT2D eigenvalue weighted by atomic mass is 32.2. The summed E-state index contributed by atoms with van der Waals surface area (Å²) in [5.41, 5.74) is 6.15. The molecule has 10 heteroatoms. The second-order valence-electron chi connectivity index (χ2n) is 4.82. The Labute approximate surface area is 128 Å². The van der Waals surface area contributed by atoms with Gasteiger partial charge in [-0.25, -0.2) is 22.0 Å². The van der Waals surface area contributed by atoms with Crippen molar-refractivity contribution in [3.8, 4) is 0 Å². The second-order valence-corrected chi connectivity index (χ2v) is 9.71. The Bertz CT molecular complexity index is 746. The number of hydrogen-bond donors (Lipinski definition) is 2. The normalized spacial score (nSPS) is 20.5. The Morgan fingerprint density at radius 3 is 2.52 bits per heavy atom. The van der Waals surface area contributed by atoms with Crippen molar-refractivity contribution in [1.82, 2.24) is 0 Å². The molecule has 0 saturated carbocycles. The topological polar surface area (TPSA) is 124 Å². The summed E-state index contributed by atoms with van der Waals surface area (Å²) in [6, 6.07) is 4.29. The van der Waals surface area contributed by atoms with Crippen LogP contribution in [0.4, 0.5) is 11.4 Å². The van der Waals surface area contributed by atoms with Crippen molar-refractivity contribution < 1.29 is 16.8 Å². The number of nitrogen functional groups attached to an aromatic ring is 1. The van der Waals surface area contributed by atoms with Crippen molar-refractivity contribution in [2.75, 3.05) is 34.9 Å². The highest BCUT2D eigenvalue weighted by Gasteiger charge is 2.33.